The number of hydrogen-bond acceptors (Lipinski definition) is 3. The quantitative estimate of drug-likeness (QED) is 0.805. The molecular weight excluding hydrogens is 341 g/mol. The molecule has 2 rings (SSSR count). The third kappa shape index (κ3) is 4.67. The van der Waals surface area contributed by atoms with Gasteiger partial charge in [-0.05, 0) is 55.3 Å². The van der Waals surface area contributed by atoms with Crippen LogP contribution in [0.4, 0.5) is 4.39 Å². The molecule has 0 aliphatic carbocycles. The van der Waals surface area contributed by atoms with E-state index in [9.17, 15) is 12.8 Å². The van der Waals surface area contributed by atoms with Crippen molar-refractivity contribution in [2.45, 2.75) is 18.7 Å². The fourth-order valence-electron chi connectivity index (χ4n) is 1.88. The molecule has 0 heterocycles. The van der Waals surface area contributed by atoms with Crippen LogP contribution in [0.2, 0.25) is 5.02 Å². The van der Waals surface area contributed by atoms with Gasteiger partial charge in [0.15, 0.2) is 0 Å². The predicted octanol–water partition coefficient (Wildman–Crippen LogP) is 3.45. The van der Waals surface area contributed by atoms with Crippen LogP contribution in [0.25, 0.3) is 0 Å². The first-order chi connectivity index (χ1) is 10.8. The monoisotopic (exact) mass is 357 g/mol. The third-order valence-corrected chi connectivity index (χ3v) is 5.11. The maximum Gasteiger partial charge on any atom is 0.240 e. The third-order valence-electron chi connectivity index (χ3n) is 3.25. The summed E-state index contributed by atoms with van der Waals surface area (Å²) in [5.41, 5.74) is 1.21. The highest BCUT2D eigenvalue weighted by Crippen LogP contribution is 2.21. The topological polar surface area (TPSA) is 55.4 Å². The molecule has 0 radical (unpaired) electrons. The molecule has 0 amide bonds. The lowest BCUT2D eigenvalue weighted by Crippen LogP contribution is -2.28. The van der Waals surface area contributed by atoms with Gasteiger partial charge in [0.25, 0.3) is 0 Å². The van der Waals surface area contributed by atoms with Crippen LogP contribution in [0.1, 0.15) is 11.1 Å². The molecule has 0 saturated carbocycles. The molecular formula is C16H17ClFNO3S. The fourth-order valence-corrected chi connectivity index (χ4v) is 3.14. The number of benzene rings is 2. The highest BCUT2D eigenvalue weighted by Gasteiger charge is 2.14. The predicted molar refractivity (Wildman–Crippen MR) is 88.0 cm³/mol. The van der Waals surface area contributed by atoms with E-state index in [4.69, 9.17) is 16.3 Å². The van der Waals surface area contributed by atoms with Gasteiger partial charge < -0.3 is 4.74 Å². The van der Waals surface area contributed by atoms with E-state index in [0.29, 0.717) is 10.8 Å². The van der Waals surface area contributed by atoms with Crippen molar-refractivity contribution in [3.05, 3.63) is 58.4 Å². The van der Waals surface area contributed by atoms with Crippen molar-refractivity contribution < 1.29 is 17.5 Å². The van der Waals surface area contributed by atoms with Gasteiger partial charge in [0.05, 0.1) is 4.90 Å². The van der Waals surface area contributed by atoms with Crippen LogP contribution in [0.5, 0.6) is 5.75 Å². The molecule has 0 saturated heterocycles. The summed E-state index contributed by atoms with van der Waals surface area (Å²) in [7, 11) is -3.69. The SMILES string of the molecule is Cc1cc(S(=O)(=O)NCCOc2ccc(C)c(Cl)c2)ccc1F. The standard InChI is InChI=1S/C16H17ClFNO3S/c1-11-3-4-13(10-15(11)17)22-8-7-19-23(20,21)14-5-6-16(18)12(2)9-14/h3-6,9-10,19H,7-8H2,1-2H3. The van der Waals surface area contributed by atoms with Crippen LogP contribution >= 0.6 is 11.6 Å². The molecule has 7 heteroatoms. The van der Waals surface area contributed by atoms with Crippen molar-refractivity contribution in [2.75, 3.05) is 13.2 Å². The molecule has 4 nitrogen and oxygen atoms in total. The molecule has 0 aliphatic rings. The van der Waals surface area contributed by atoms with Crippen molar-refractivity contribution >= 4 is 21.6 Å². The number of aryl methyl sites for hydroxylation is 2. The smallest absolute Gasteiger partial charge is 0.240 e. The minimum Gasteiger partial charge on any atom is -0.492 e. The minimum absolute atomic E-state index is 0.0229. The average Bonchev–Trinajstić information content (AvgIpc) is 2.50. The molecule has 2 aromatic carbocycles. The van der Waals surface area contributed by atoms with Crippen LogP contribution in [0, 0.1) is 19.7 Å². The number of sulfonamides is 1. The lowest BCUT2D eigenvalue weighted by atomic mass is 10.2. The van der Waals surface area contributed by atoms with E-state index in [2.05, 4.69) is 4.72 Å². The second-order valence-corrected chi connectivity index (χ2v) is 7.24. The van der Waals surface area contributed by atoms with Gasteiger partial charge in [0, 0.05) is 11.6 Å². The Kier molecular flexibility index (Phi) is 5.62. The Morgan fingerprint density at radius 2 is 1.87 bits per heavy atom. The second-order valence-electron chi connectivity index (χ2n) is 5.07. The van der Waals surface area contributed by atoms with Gasteiger partial charge >= 0.3 is 0 Å². The summed E-state index contributed by atoms with van der Waals surface area (Å²) in [5, 5.41) is 0.588. The van der Waals surface area contributed by atoms with Crippen LogP contribution < -0.4 is 9.46 Å². The Labute approximate surface area is 140 Å². The van der Waals surface area contributed by atoms with Crippen LogP contribution in [0.3, 0.4) is 0 Å². The van der Waals surface area contributed by atoms with E-state index >= 15 is 0 Å². The number of ether oxygens (including phenoxy) is 1. The van der Waals surface area contributed by atoms with Gasteiger partial charge in [-0.1, -0.05) is 17.7 Å². The first kappa shape index (κ1) is 17.7. The van der Waals surface area contributed by atoms with Gasteiger partial charge in [-0.2, -0.15) is 0 Å². The zero-order chi connectivity index (χ0) is 17.0. The Balaban J connectivity index is 1.92. The minimum atomic E-state index is -3.69. The van der Waals surface area contributed by atoms with Crippen LogP contribution in [-0.2, 0) is 10.0 Å². The summed E-state index contributed by atoms with van der Waals surface area (Å²) >= 11 is 5.98. The Morgan fingerprint density at radius 1 is 1.13 bits per heavy atom. The van der Waals surface area contributed by atoms with Crippen molar-refractivity contribution in [1.82, 2.24) is 4.72 Å². The van der Waals surface area contributed by atoms with E-state index in [1.54, 1.807) is 12.1 Å². The normalized spacial score (nSPS) is 11.5. The molecule has 2 aromatic rings. The molecule has 124 valence electrons. The summed E-state index contributed by atoms with van der Waals surface area (Å²) in [4.78, 5) is 0.0229. The van der Waals surface area contributed by atoms with E-state index in [1.807, 2.05) is 13.0 Å². The highest BCUT2D eigenvalue weighted by atomic mass is 35.5. The molecule has 1 N–H and O–H groups in total. The molecule has 0 atom stereocenters. The lowest BCUT2D eigenvalue weighted by Gasteiger charge is -2.10. The van der Waals surface area contributed by atoms with Crippen LogP contribution in [0.15, 0.2) is 41.3 Å². The van der Waals surface area contributed by atoms with E-state index < -0.39 is 15.8 Å². The Hall–Kier alpha value is -1.63. The van der Waals surface area contributed by atoms with Gasteiger partial charge in [-0.3, -0.25) is 0 Å². The van der Waals surface area contributed by atoms with Gasteiger partial charge in [-0.15, -0.1) is 0 Å². The van der Waals surface area contributed by atoms with E-state index in [-0.39, 0.29) is 23.6 Å². The lowest BCUT2D eigenvalue weighted by molar-refractivity contribution is 0.323. The Bertz CT molecular complexity index is 809. The number of hydrogen-bond donors (Lipinski definition) is 1. The first-order valence-electron chi connectivity index (χ1n) is 6.94. The average molecular weight is 358 g/mol. The highest BCUT2D eigenvalue weighted by molar-refractivity contribution is 7.89. The van der Waals surface area contributed by atoms with Gasteiger partial charge in [0.2, 0.25) is 10.0 Å². The van der Waals surface area contributed by atoms with Crippen molar-refractivity contribution in [3.63, 3.8) is 0 Å². The van der Waals surface area contributed by atoms with Crippen molar-refractivity contribution in [1.29, 1.82) is 0 Å². The zero-order valence-electron chi connectivity index (χ0n) is 12.8. The molecule has 0 aromatic heterocycles. The maximum absolute atomic E-state index is 13.2. The van der Waals surface area contributed by atoms with Crippen molar-refractivity contribution in [3.8, 4) is 5.75 Å². The molecule has 0 fully saturated rings. The second kappa shape index (κ2) is 7.29. The number of nitrogens with one attached hydrogen (secondary N) is 1. The molecule has 23 heavy (non-hydrogen) atoms. The maximum atomic E-state index is 13.2. The number of halogens is 2. The molecule has 0 spiro atoms. The summed E-state index contributed by atoms with van der Waals surface area (Å²) in [6.45, 7) is 3.63. The van der Waals surface area contributed by atoms with Gasteiger partial charge in [0.1, 0.15) is 18.2 Å². The summed E-state index contributed by atoms with van der Waals surface area (Å²) < 4.78 is 45.2. The van der Waals surface area contributed by atoms with Gasteiger partial charge in [-0.25, -0.2) is 17.5 Å². The molecule has 0 aliphatic heterocycles. The Morgan fingerprint density at radius 3 is 2.52 bits per heavy atom. The summed E-state index contributed by atoms with van der Waals surface area (Å²) in [5.74, 6) is 0.126. The zero-order valence-corrected chi connectivity index (χ0v) is 14.3. The largest absolute Gasteiger partial charge is 0.492 e. The summed E-state index contributed by atoms with van der Waals surface area (Å²) in [6, 6.07) is 8.91. The summed E-state index contributed by atoms with van der Waals surface area (Å²) in [6.07, 6.45) is 0. The molecule has 0 unspecified atom stereocenters. The van der Waals surface area contributed by atoms with E-state index in [0.717, 1.165) is 11.6 Å². The first-order valence-corrected chi connectivity index (χ1v) is 8.80. The number of rotatable bonds is 6. The van der Waals surface area contributed by atoms with E-state index in [1.165, 1.54) is 19.1 Å². The molecule has 0 bridgehead atoms. The van der Waals surface area contributed by atoms with Crippen LogP contribution in [-0.4, -0.2) is 21.6 Å². The fraction of sp³-hybridized carbons (Fsp3) is 0.250. The van der Waals surface area contributed by atoms with Crippen molar-refractivity contribution in [2.24, 2.45) is 0 Å².